The van der Waals surface area contributed by atoms with Gasteiger partial charge in [-0.15, -0.1) is 0 Å². The van der Waals surface area contributed by atoms with Crippen molar-refractivity contribution in [2.45, 2.75) is 65.0 Å². The fraction of sp³-hybridized carbons (Fsp3) is 1.00. The predicted molar refractivity (Wildman–Crippen MR) is 64.9 cm³/mol. The van der Waals surface area contributed by atoms with Crippen LogP contribution < -0.4 is 5.32 Å². The van der Waals surface area contributed by atoms with Gasteiger partial charge in [-0.3, -0.25) is 0 Å². The van der Waals surface area contributed by atoms with Crippen molar-refractivity contribution in [3.05, 3.63) is 0 Å². The second-order valence-corrected chi connectivity index (χ2v) is 5.41. The lowest BCUT2D eigenvalue weighted by atomic mass is 9.85. The van der Waals surface area contributed by atoms with Crippen molar-refractivity contribution in [3.63, 3.8) is 0 Å². The zero-order valence-electron chi connectivity index (χ0n) is 10.5. The molecule has 0 saturated heterocycles. The topological polar surface area (TPSA) is 32.3 Å². The minimum absolute atomic E-state index is 0.133. The molecule has 1 fully saturated rings. The van der Waals surface area contributed by atoms with E-state index in [0.717, 1.165) is 6.54 Å². The van der Waals surface area contributed by atoms with E-state index < -0.39 is 0 Å². The average molecular weight is 213 g/mol. The molecule has 0 aromatic heterocycles. The first-order chi connectivity index (χ1) is 7.11. The Kier molecular flexibility index (Phi) is 5.62. The first kappa shape index (κ1) is 13.0. The lowest BCUT2D eigenvalue weighted by Gasteiger charge is -2.28. The van der Waals surface area contributed by atoms with Gasteiger partial charge in [-0.05, 0) is 31.6 Å². The summed E-state index contributed by atoms with van der Waals surface area (Å²) in [5.41, 5.74) is 0. The second-order valence-electron chi connectivity index (χ2n) is 5.41. The number of hydrogen-bond donors (Lipinski definition) is 2. The van der Waals surface area contributed by atoms with Crippen LogP contribution in [0.4, 0.5) is 0 Å². The highest BCUT2D eigenvalue weighted by molar-refractivity contribution is 4.76. The molecule has 90 valence electrons. The number of nitrogens with one attached hydrogen (secondary N) is 1. The molecule has 1 rings (SSSR count). The lowest BCUT2D eigenvalue weighted by Crippen LogP contribution is -2.40. The quantitative estimate of drug-likeness (QED) is 0.735. The molecule has 0 spiro atoms. The van der Waals surface area contributed by atoms with Gasteiger partial charge >= 0.3 is 0 Å². The lowest BCUT2D eigenvalue weighted by molar-refractivity contribution is 0.0804. The molecule has 0 heterocycles. The molecule has 0 aromatic rings. The summed E-state index contributed by atoms with van der Waals surface area (Å²) >= 11 is 0. The summed E-state index contributed by atoms with van der Waals surface area (Å²) in [6.45, 7) is 7.39. The van der Waals surface area contributed by atoms with Crippen LogP contribution in [-0.2, 0) is 0 Å². The van der Waals surface area contributed by atoms with Gasteiger partial charge in [0.2, 0.25) is 0 Å². The van der Waals surface area contributed by atoms with Crippen LogP contribution >= 0.6 is 0 Å². The van der Waals surface area contributed by atoms with Gasteiger partial charge in [0, 0.05) is 12.6 Å². The third-order valence-electron chi connectivity index (χ3n) is 3.84. The van der Waals surface area contributed by atoms with Gasteiger partial charge in [0.05, 0.1) is 6.10 Å². The predicted octanol–water partition coefficient (Wildman–Crippen LogP) is 2.56. The molecular formula is C13H27NO. The van der Waals surface area contributed by atoms with E-state index >= 15 is 0 Å². The molecular weight excluding hydrogens is 186 g/mol. The van der Waals surface area contributed by atoms with Crippen molar-refractivity contribution in [1.29, 1.82) is 0 Å². The first-order valence-corrected chi connectivity index (χ1v) is 6.52. The van der Waals surface area contributed by atoms with Crippen molar-refractivity contribution in [3.8, 4) is 0 Å². The minimum atomic E-state index is -0.133. The molecule has 15 heavy (non-hydrogen) atoms. The Labute approximate surface area is 94.5 Å². The van der Waals surface area contributed by atoms with E-state index in [1.165, 1.54) is 32.1 Å². The third kappa shape index (κ3) is 4.52. The molecule has 0 aliphatic heterocycles. The zero-order chi connectivity index (χ0) is 11.3. The van der Waals surface area contributed by atoms with Crippen LogP contribution in [0.2, 0.25) is 0 Å². The fourth-order valence-corrected chi connectivity index (χ4v) is 2.23. The Balaban J connectivity index is 2.19. The SMILES string of the molecule is CC(C)C(C)NCC(O)C1CCCCC1. The maximum Gasteiger partial charge on any atom is 0.0692 e. The van der Waals surface area contributed by atoms with Crippen LogP contribution in [0.15, 0.2) is 0 Å². The highest BCUT2D eigenvalue weighted by Crippen LogP contribution is 2.26. The van der Waals surface area contributed by atoms with Gasteiger partial charge in [0.1, 0.15) is 0 Å². The number of aliphatic hydroxyl groups is 1. The van der Waals surface area contributed by atoms with Gasteiger partial charge in [0.25, 0.3) is 0 Å². The summed E-state index contributed by atoms with van der Waals surface area (Å²) in [5.74, 6) is 1.19. The van der Waals surface area contributed by atoms with Gasteiger partial charge in [-0.1, -0.05) is 33.1 Å². The molecule has 2 atom stereocenters. The largest absolute Gasteiger partial charge is 0.392 e. The van der Waals surface area contributed by atoms with Crippen molar-refractivity contribution in [1.82, 2.24) is 5.32 Å². The van der Waals surface area contributed by atoms with Crippen LogP contribution in [0.25, 0.3) is 0 Å². The Morgan fingerprint density at radius 2 is 1.73 bits per heavy atom. The molecule has 2 heteroatoms. The Morgan fingerprint density at radius 3 is 2.27 bits per heavy atom. The normalized spacial score (nSPS) is 23.0. The summed E-state index contributed by atoms with van der Waals surface area (Å²) in [7, 11) is 0. The highest BCUT2D eigenvalue weighted by Gasteiger charge is 2.21. The molecule has 2 unspecified atom stereocenters. The fourth-order valence-electron chi connectivity index (χ4n) is 2.23. The molecule has 2 nitrogen and oxygen atoms in total. The molecule has 0 bridgehead atoms. The van der Waals surface area contributed by atoms with Gasteiger partial charge in [-0.25, -0.2) is 0 Å². The molecule has 2 N–H and O–H groups in total. The average Bonchev–Trinajstić information content (AvgIpc) is 2.26. The van der Waals surface area contributed by atoms with E-state index in [9.17, 15) is 5.11 Å². The smallest absolute Gasteiger partial charge is 0.0692 e. The van der Waals surface area contributed by atoms with Crippen LogP contribution in [0.3, 0.4) is 0 Å². The molecule has 0 radical (unpaired) electrons. The van der Waals surface area contributed by atoms with E-state index in [0.29, 0.717) is 17.9 Å². The zero-order valence-corrected chi connectivity index (χ0v) is 10.5. The maximum atomic E-state index is 10.0. The minimum Gasteiger partial charge on any atom is -0.392 e. The Hall–Kier alpha value is -0.0800. The number of rotatable bonds is 5. The maximum absolute atomic E-state index is 10.0. The monoisotopic (exact) mass is 213 g/mol. The van der Waals surface area contributed by atoms with E-state index in [1.807, 2.05) is 0 Å². The Morgan fingerprint density at radius 1 is 1.13 bits per heavy atom. The molecule has 0 aromatic carbocycles. The second kappa shape index (κ2) is 6.49. The van der Waals surface area contributed by atoms with Crippen molar-refractivity contribution in [2.24, 2.45) is 11.8 Å². The summed E-state index contributed by atoms with van der Waals surface area (Å²) in [5, 5.41) is 13.5. The van der Waals surface area contributed by atoms with Crippen molar-refractivity contribution < 1.29 is 5.11 Å². The first-order valence-electron chi connectivity index (χ1n) is 6.52. The van der Waals surface area contributed by atoms with E-state index in [1.54, 1.807) is 0 Å². The summed E-state index contributed by atoms with van der Waals surface area (Å²) in [6.07, 6.45) is 6.28. The van der Waals surface area contributed by atoms with E-state index in [2.05, 4.69) is 26.1 Å². The van der Waals surface area contributed by atoms with Crippen LogP contribution in [0, 0.1) is 11.8 Å². The van der Waals surface area contributed by atoms with E-state index in [-0.39, 0.29) is 6.10 Å². The number of hydrogen-bond acceptors (Lipinski definition) is 2. The number of aliphatic hydroxyl groups excluding tert-OH is 1. The molecule has 1 aliphatic carbocycles. The van der Waals surface area contributed by atoms with Crippen molar-refractivity contribution >= 4 is 0 Å². The standard InChI is InChI=1S/C13H27NO/c1-10(2)11(3)14-9-13(15)12-7-5-4-6-8-12/h10-15H,4-9H2,1-3H3. The molecule has 0 amide bonds. The molecule has 1 aliphatic rings. The highest BCUT2D eigenvalue weighted by atomic mass is 16.3. The van der Waals surface area contributed by atoms with Gasteiger partial charge < -0.3 is 10.4 Å². The van der Waals surface area contributed by atoms with Crippen LogP contribution in [0.5, 0.6) is 0 Å². The van der Waals surface area contributed by atoms with E-state index in [4.69, 9.17) is 0 Å². The summed E-state index contributed by atoms with van der Waals surface area (Å²) in [6, 6.07) is 0.503. The van der Waals surface area contributed by atoms with Crippen LogP contribution in [0.1, 0.15) is 52.9 Å². The van der Waals surface area contributed by atoms with Gasteiger partial charge in [-0.2, -0.15) is 0 Å². The third-order valence-corrected chi connectivity index (χ3v) is 3.84. The van der Waals surface area contributed by atoms with Crippen LogP contribution in [-0.4, -0.2) is 23.8 Å². The summed E-state index contributed by atoms with van der Waals surface area (Å²) < 4.78 is 0. The van der Waals surface area contributed by atoms with Crippen molar-refractivity contribution in [2.75, 3.05) is 6.54 Å². The molecule has 1 saturated carbocycles. The Bertz CT molecular complexity index is 164. The van der Waals surface area contributed by atoms with Gasteiger partial charge in [0.15, 0.2) is 0 Å². The summed E-state index contributed by atoms with van der Waals surface area (Å²) in [4.78, 5) is 0.